The number of hydrogen-bond donors (Lipinski definition) is 0. The first kappa shape index (κ1) is 11.7. The predicted molar refractivity (Wildman–Crippen MR) is 77.1 cm³/mol. The number of benzene rings is 2. The van der Waals surface area contributed by atoms with Gasteiger partial charge in [-0.1, -0.05) is 36.4 Å². The lowest BCUT2D eigenvalue weighted by Gasteiger charge is -2.23. The van der Waals surface area contributed by atoms with E-state index in [1.807, 2.05) is 36.4 Å². The molecule has 0 aromatic heterocycles. The Bertz CT molecular complexity index is 708. The van der Waals surface area contributed by atoms with Crippen molar-refractivity contribution in [1.82, 2.24) is 0 Å². The Morgan fingerprint density at radius 2 is 1.78 bits per heavy atom. The Morgan fingerprint density at radius 3 is 2.61 bits per heavy atom. The van der Waals surface area contributed by atoms with Crippen molar-refractivity contribution in [2.45, 2.75) is 12.5 Å². The highest BCUT2D eigenvalue weighted by Crippen LogP contribution is 2.27. The predicted octanol–water partition coefficient (Wildman–Crippen LogP) is 1.52. The van der Waals surface area contributed by atoms with Crippen molar-refractivity contribution < 1.29 is 5.11 Å². The summed E-state index contributed by atoms with van der Waals surface area (Å²) >= 11 is 2.30. The highest BCUT2D eigenvalue weighted by Gasteiger charge is 2.14. The number of fused-ring (bicyclic) bond motifs is 1. The third-order valence-electron chi connectivity index (χ3n) is 3.14. The standard InChI is InChI=1S/C15H12INO/c16-12-7-3-1-5-10(12)14-9-15(18)11-6-2-4-8-13(11)17-14/h1-8,14,18H,9H2/p-1. The van der Waals surface area contributed by atoms with Gasteiger partial charge in [0, 0.05) is 3.57 Å². The van der Waals surface area contributed by atoms with Gasteiger partial charge in [-0.3, -0.25) is 4.99 Å². The molecule has 0 saturated heterocycles. The smallest absolute Gasteiger partial charge is 0.0795 e. The summed E-state index contributed by atoms with van der Waals surface area (Å²) in [6, 6.07) is 15.6. The normalized spacial score (nSPS) is 18.1. The van der Waals surface area contributed by atoms with Crippen molar-refractivity contribution >= 4 is 28.4 Å². The molecule has 1 unspecified atom stereocenters. The zero-order valence-electron chi connectivity index (χ0n) is 9.64. The Balaban J connectivity index is 2.16. The summed E-state index contributed by atoms with van der Waals surface area (Å²) in [6.45, 7) is 0. The van der Waals surface area contributed by atoms with Crippen molar-refractivity contribution in [2.75, 3.05) is 0 Å². The van der Waals surface area contributed by atoms with Gasteiger partial charge in [0.1, 0.15) is 0 Å². The van der Waals surface area contributed by atoms with Crippen LogP contribution in [0.3, 0.4) is 0 Å². The number of halogens is 1. The molecule has 0 aliphatic carbocycles. The number of hydrogen-bond acceptors (Lipinski definition) is 2. The van der Waals surface area contributed by atoms with E-state index in [1.54, 1.807) is 0 Å². The number of nitrogens with zero attached hydrogens (tertiary/aromatic N) is 1. The van der Waals surface area contributed by atoms with E-state index in [-0.39, 0.29) is 11.8 Å². The van der Waals surface area contributed by atoms with Gasteiger partial charge < -0.3 is 5.11 Å². The van der Waals surface area contributed by atoms with E-state index >= 15 is 0 Å². The molecular weight excluding hydrogens is 337 g/mol. The maximum atomic E-state index is 12.1. The maximum absolute atomic E-state index is 12.1. The van der Waals surface area contributed by atoms with Crippen LogP contribution in [0, 0.1) is 3.57 Å². The topological polar surface area (TPSA) is 35.4 Å². The van der Waals surface area contributed by atoms with Gasteiger partial charge in [0.15, 0.2) is 0 Å². The third kappa shape index (κ3) is 2.03. The first-order valence-corrected chi connectivity index (χ1v) is 6.91. The average molecular weight is 348 g/mol. The van der Waals surface area contributed by atoms with Crippen LogP contribution >= 0.6 is 22.6 Å². The molecule has 2 aromatic carbocycles. The summed E-state index contributed by atoms with van der Waals surface area (Å²) in [7, 11) is 0. The zero-order valence-corrected chi connectivity index (χ0v) is 11.8. The first-order valence-electron chi connectivity index (χ1n) is 5.83. The van der Waals surface area contributed by atoms with Crippen LogP contribution in [0.2, 0.25) is 0 Å². The van der Waals surface area contributed by atoms with Crippen LogP contribution in [-0.4, -0.2) is 0 Å². The van der Waals surface area contributed by atoms with E-state index in [0.717, 1.165) is 19.7 Å². The highest BCUT2D eigenvalue weighted by molar-refractivity contribution is 14.1. The van der Waals surface area contributed by atoms with Crippen molar-refractivity contribution in [2.24, 2.45) is 4.99 Å². The first-order chi connectivity index (χ1) is 8.75. The molecule has 90 valence electrons. The summed E-state index contributed by atoms with van der Waals surface area (Å²) in [5, 5.41) is 13.7. The summed E-state index contributed by atoms with van der Waals surface area (Å²) in [5.41, 5.74) is 1.14. The molecule has 0 N–H and O–H groups in total. The molecule has 3 heteroatoms. The fraction of sp³-hybridized carbons (Fsp3) is 0.133. The Morgan fingerprint density at radius 1 is 1.06 bits per heavy atom. The van der Waals surface area contributed by atoms with E-state index in [0.29, 0.717) is 6.42 Å². The second-order valence-corrected chi connectivity index (χ2v) is 5.47. The molecule has 1 atom stereocenters. The number of rotatable bonds is 1. The Labute approximate surface area is 119 Å². The number of para-hydroxylation sites is 1. The second-order valence-electron chi connectivity index (χ2n) is 4.31. The Hall–Kier alpha value is -1.36. The molecule has 2 aromatic rings. The third-order valence-corrected chi connectivity index (χ3v) is 4.12. The van der Waals surface area contributed by atoms with Crippen molar-refractivity contribution in [3.63, 3.8) is 0 Å². The van der Waals surface area contributed by atoms with Crippen LogP contribution in [0.15, 0.2) is 53.5 Å². The van der Waals surface area contributed by atoms with Gasteiger partial charge in [-0.05, 0) is 51.9 Å². The van der Waals surface area contributed by atoms with Gasteiger partial charge in [0.2, 0.25) is 0 Å². The zero-order chi connectivity index (χ0) is 12.5. The summed E-state index contributed by atoms with van der Waals surface area (Å²) in [6.07, 6.45) is 0.469. The van der Waals surface area contributed by atoms with Gasteiger partial charge >= 0.3 is 0 Å². The van der Waals surface area contributed by atoms with Gasteiger partial charge in [0.25, 0.3) is 0 Å². The molecule has 0 spiro atoms. The van der Waals surface area contributed by atoms with Crippen LogP contribution in [0.4, 0.5) is 0 Å². The average Bonchev–Trinajstić information content (AvgIpc) is 2.39. The molecule has 1 aliphatic rings. The molecule has 2 nitrogen and oxygen atoms in total. The highest BCUT2D eigenvalue weighted by atomic mass is 127. The minimum absolute atomic E-state index is 0.0412. The van der Waals surface area contributed by atoms with Crippen molar-refractivity contribution in [3.8, 4) is 0 Å². The van der Waals surface area contributed by atoms with Gasteiger partial charge in [-0.2, -0.15) is 0 Å². The summed E-state index contributed by atoms with van der Waals surface area (Å²) in [5.74, 6) is 0.185. The fourth-order valence-corrected chi connectivity index (χ4v) is 2.99. The lowest BCUT2D eigenvalue weighted by atomic mass is 10.00. The lowest BCUT2D eigenvalue weighted by molar-refractivity contribution is -0.253. The minimum Gasteiger partial charge on any atom is -0.875 e. The summed E-state index contributed by atoms with van der Waals surface area (Å²) < 4.78 is 1.16. The Kier molecular flexibility index (Phi) is 3.07. The maximum Gasteiger partial charge on any atom is 0.0795 e. The van der Waals surface area contributed by atoms with E-state index in [4.69, 9.17) is 4.99 Å². The van der Waals surface area contributed by atoms with E-state index < -0.39 is 0 Å². The van der Waals surface area contributed by atoms with Crippen LogP contribution in [-0.2, 0) is 0 Å². The quantitative estimate of drug-likeness (QED) is 0.720. The van der Waals surface area contributed by atoms with Crippen LogP contribution in [0.25, 0.3) is 5.76 Å². The molecular formula is C15H11INO-. The van der Waals surface area contributed by atoms with E-state index in [2.05, 4.69) is 34.7 Å². The SMILES string of the molecule is [O-]C1=c2ccccc2=NC(c2ccccc2I)C1. The van der Waals surface area contributed by atoms with E-state index in [9.17, 15) is 5.11 Å². The molecule has 0 fully saturated rings. The lowest BCUT2D eigenvalue weighted by Crippen LogP contribution is -2.35. The van der Waals surface area contributed by atoms with Gasteiger partial charge in [-0.15, -0.1) is 5.76 Å². The fourth-order valence-electron chi connectivity index (χ4n) is 2.25. The van der Waals surface area contributed by atoms with Gasteiger partial charge in [-0.25, -0.2) is 0 Å². The monoisotopic (exact) mass is 348 g/mol. The second kappa shape index (κ2) is 4.72. The largest absolute Gasteiger partial charge is 0.875 e. The molecule has 0 amide bonds. The molecule has 0 bridgehead atoms. The minimum atomic E-state index is -0.0412. The van der Waals surface area contributed by atoms with Crippen LogP contribution in [0.5, 0.6) is 0 Å². The summed E-state index contributed by atoms with van der Waals surface area (Å²) in [4.78, 5) is 4.70. The molecule has 18 heavy (non-hydrogen) atoms. The molecule has 1 aliphatic heterocycles. The van der Waals surface area contributed by atoms with Gasteiger partial charge in [0.05, 0.1) is 11.4 Å². The van der Waals surface area contributed by atoms with Crippen molar-refractivity contribution in [3.05, 3.63) is 68.2 Å². The molecule has 0 radical (unpaired) electrons. The van der Waals surface area contributed by atoms with Crippen molar-refractivity contribution in [1.29, 1.82) is 0 Å². The van der Waals surface area contributed by atoms with E-state index in [1.165, 1.54) is 0 Å². The molecule has 1 heterocycles. The van der Waals surface area contributed by atoms with Crippen LogP contribution < -0.4 is 15.7 Å². The molecule has 0 saturated carbocycles. The molecule has 3 rings (SSSR count). The van der Waals surface area contributed by atoms with Crippen LogP contribution in [0.1, 0.15) is 18.0 Å².